The third-order valence-electron chi connectivity index (χ3n) is 2.91. The molecule has 1 aromatic rings. The number of hydrogen-bond donors (Lipinski definition) is 1. The fourth-order valence-electron chi connectivity index (χ4n) is 1.83. The highest BCUT2D eigenvalue weighted by molar-refractivity contribution is 9.09. The number of aryl methyl sites for hydroxylation is 1. The molecule has 1 N–H and O–H groups in total. The number of nitrogens with one attached hydrogen (secondary N) is 1. The monoisotopic (exact) mass is 302 g/mol. The van der Waals surface area contributed by atoms with Crippen LogP contribution in [0.3, 0.4) is 0 Å². The second-order valence-electron chi connectivity index (χ2n) is 4.30. The Hall–Kier alpha value is -0.840. The van der Waals surface area contributed by atoms with Crippen LogP contribution in [0.4, 0.5) is 0 Å². The minimum atomic E-state index is -0.357. The molecule has 0 fully saturated rings. The summed E-state index contributed by atoms with van der Waals surface area (Å²) in [6, 6.07) is 0. The van der Waals surface area contributed by atoms with Crippen LogP contribution in [0, 0.1) is 6.92 Å². The van der Waals surface area contributed by atoms with Gasteiger partial charge in [-0.1, -0.05) is 42.1 Å². The lowest BCUT2D eigenvalue weighted by atomic mass is 10.1. The van der Waals surface area contributed by atoms with Crippen molar-refractivity contribution in [2.24, 2.45) is 7.05 Å². The predicted octanol–water partition coefficient (Wildman–Crippen LogP) is 2.40. The number of hydrogen-bond acceptors (Lipinski definition) is 2. The van der Waals surface area contributed by atoms with Crippen molar-refractivity contribution in [2.75, 3.05) is 0 Å². The maximum atomic E-state index is 12.0. The van der Waals surface area contributed by atoms with Crippen molar-refractivity contribution in [1.82, 2.24) is 9.55 Å². The first-order valence-corrected chi connectivity index (χ1v) is 6.84. The second-order valence-corrected chi connectivity index (χ2v) is 5.40. The van der Waals surface area contributed by atoms with E-state index in [1.807, 2.05) is 0 Å². The Bertz CT molecular complexity index is 490. The summed E-state index contributed by atoms with van der Waals surface area (Å²) in [6.45, 7) is 3.92. The molecule has 1 atom stereocenters. The summed E-state index contributed by atoms with van der Waals surface area (Å²) in [5.41, 5.74) is 0.772. The van der Waals surface area contributed by atoms with Gasteiger partial charge in [0.2, 0.25) is 0 Å². The first-order valence-electron chi connectivity index (χ1n) is 5.92. The van der Waals surface area contributed by atoms with Crippen LogP contribution in [-0.2, 0) is 7.05 Å². The highest BCUT2D eigenvalue weighted by Crippen LogP contribution is 2.27. The van der Waals surface area contributed by atoms with E-state index in [2.05, 4.69) is 27.8 Å². The normalized spacial score (nSPS) is 12.7. The smallest absolute Gasteiger partial charge is 0.311 e. The van der Waals surface area contributed by atoms with Gasteiger partial charge in [0.15, 0.2) is 0 Å². The zero-order chi connectivity index (χ0) is 13.0. The van der Waals surface area contributed by atoms with Crippen molar-refractivity contribution < 1.29 is 0 Å². The second kappa shape index (κ2) is 6.19. The molecule has 1 heterocycles. The van der Waals surface area contributed by atoms with E-state index in [-0.39, 0.29) is 16.1 Å². The van der Waals surface area contributed by atoms with Crippen molar-refractivity contribution >= 4 is 15.9 Å². The topological polar surface area (TPSA) is 54.9 Å². The predicted molar refractivity (Wildman–Crippen MR) is 72.9 cm³/mol. The number of nitrogens with zero attached hydrogens (tertiary/aromatic N) is 1. The number of alkyl halides is 1. The van der Waals surface area contributed by atoms with Crippen molar-refractivity contribution in [2.45, 2.75) is 44.4 Å². The Labute approximate surface area is 109 Å². The molecule has 0 saturated heterocycles. The summed E-state index contributed by atoms with van der Waals surface area (Å²) < 4.78 is 1.12. The maximum absolute atomic E-state index is 12.0. The Morgan fingerprint density at radius 3 is 2.59 bits per heavy atom. The SMILES string of the molecule is CCCCCC(Br)c1c(C)[nH]c(=O)n(C)c1=O. The molecular weight excluding hydrogens is 284 g/mol. The molecule has 1 unspecified atom stereocenters. The zero-order valence-electron chi connectivity index (χ0n) is 10.5. The van der Waals surface area contributed by atoms with Crippen molar-refractivity contribution in [3.05, 3.63) is 32.1 Å². The summed E-state index contributed by atoms with van der Waals surface area (Å²) in [7, 11) is 1.50. The molecule has 17 heavy (non-hydrogen) atoms. The third kappa shape index (κ3) is 3.31. The number of aromatic nitrogens is 2. The Morgan fingerprint density at radius 2 is 2.00 bits per heavy atom. The molecule has 1 rings (SSSR count). The lowest BCUT2D eigenvalue weighted by Gasteiger charge is -2.12. The maximum Gasteiger partial charge on any atom is 0.328 e. The van der Waals surface area contributed by atoms with Crippen LogP contribution >= 0.6 is 15.9 Å². The summed E-state index contributed by atoms with van der Waals surface area (Å²) >= 11 is 3.54. The zero-order valence-corrected chi connectivity index (χ0v) is 12.1. The van der Waals surface area contributed by atoms with Gasteiger partial charge in [-0.25, -0.2) is 4.79 Å². The molecule has 0 aliphatic carbocycles. The van der Waals surface area contributed by atoms with Crippen LogP contribution in [0.5, 0.6) is 0 Å². The third-order valence-corrected chi connectivity index (χ3v) is 3.83. The number of unbranched alkanes of at least 4 members (excludes halogenated alkanes) is 2. The molecule has 0 radical (unpaired) electrons. The summed E-state index contributed by atoms with van der Waals surface area (Å²) in [6.07, 6.45) is 4.30. The average Bonchev–Trinajstić information content (AvgIpc) is 2.26. The van der Waals surface area contributed by atoms with Crippen LogP contribution in [0.1, 0.15) is 48.7 Å². The standard InChI is InChI=1S/C12H19BrN2O2/c1-4-5-6-7-9(13)10-8(2)14-12(17)15(3)11(10)16/h9H,4-7H2,1-3H3,(H,14,17). The molecule has 0 saturated carbocycles. The van der Waals surface area contributed by atoms with Gasteiger partial charge in [0.05, 0.1) is 5.56 Å². The molecule has 0 aliphatic heterocycles. The van der Waals surface area contributed by atoms with Crippen molar-refractivity contribution in [3.63, 3.8) is 0 Å². The van der Waals surface area contributed by atoms with E-state index in [4.69, 9.17) is 0 Å². The van der Waals surface area contributed by atoms with E-state index in [0.717, 1.165) is 30.3 Å². The highest BCUT2D eigenvalue weighted by atomic mass is 79.9. The summed E-state index contributed by atoms with van der Waals surface area (Å²) in [4.78, 5) is 26.1. The number of halogens is 1. The molecular formula is C12H19BrN2O2. The van der Waals surface area contributed by atoms with Gasteiger partial charge in [-0.2, -0.15) is 0 Å². The van der Waals surface area contributed by atoms with Crippen LogP contribution in [0.2, 0.25) is 0 Å². The van der Waals surface area contributed by atoms with E-state index < -0.39 is 0 Å². The van der Waals surface area contributed by atoms with E-state index in [1.165, 1.54) is 7.05 Å². The quantitative estimate of drug-likeness (QED) is 0.671. The molecule has 5 heteroatoms. The molecule has 0 spiro atoms. The van der Waals surface area contributed by atoms with Crippen LogP contribution in [0.15, 0.2) is 9.59 Å². The Morgan fingerprint density at radius 1 is 1.35 bits per heavy atom. The Balaban J connectivity index is 3.02. The molecule has 96 valence electrons. The van der Waals surface area contributed by atoms with Gasteiger partial charge in [0, 0.05) is 17.6 Å². The van der Waals surface area contributed by atoms with Crippen LogP contribution in [-0.4, -0.2) is 9.55 Å². The van der Waals surface area contributed by atoms with E-state index >= 15 is 0 Å². The minimum Gasteiger partial charge on any atom is -0.311 e. The van der Waals surface area contributed by atoms with E-state index in [0.29, 0.717) is 11.3 Å². The number of H-pyrrole nitrogens is 1. The van der Waals surface area contributed by atoms with Gasteiger partial charge in [0.1, 0.15) is 0 Å². The Kier molecular flexibility index (Phi) is 5.18. The van der Waals surface area contributed by atoms with Crippen molar-refractivity contribution in [1.29, 1.82) is 0 Å². The first kappa shape index (κ1) is 14.2. The lowest BCUT2D eigenvalue weighted by molar-refractivity contribution is 0.647. The fraction of sp³-hybridized carbons (Fsp3) is 0.667. The fourth-order valence-corrected chi connectivity index (χ4v) is 2.69. The first-order chi connectivity index (χ1) is 7.99. The number of aromatic amines is 1. The van der Waals surface area contributed by atoms with Gasteiger partial charge in [0.25, 0.3) is 5.56 Å². The number of rotatable bonds is 5. The lowest BCUT2D eigenvalue weighted by Crippen LogP contribution is -2.36. The van der Waals surface area contributed by atoms with Gasteiger partial charge in [-0.15, -0.1) is 0 Å². The van der Waals surface area contributed by atoms with E-state index in [1.54, 1.807) is 6.92 Å². The van der Waals surface area contributed by atoms with Crippen LogP contribution < -0.4 is 11.2 Å². The van der Waals surface area contributed by atoms with Gasteiger partial charge < -0.3 is 4.98 Å². The molecule has 0 aromatic carbocycles. The molecule has 0 amide bonds. The van der Waals surface area contributed by atoms with Gasteiger partial charge in [-0.05, 0) is 13.3 Å². The molecule has 1 aromatic heterocycles. The summed E-state index contributed by atoms with van der Waals surface area (Å²) in [5, 5.41) is 0. The largest absolute Gasteiger partial charge is 0.328 e. The van der Waals surface area contributed by atoms with Gasteiger partial charge >= 0.3 is 5.69 Å². The van der Waals surface area contributed by atoms with E-state index in [9.17, 15) is 9.59 Å². The van der Waals surface area contributed by atoms with Crippen LogP contribution in [0.25, 0.3) is 0 Å². The molecule has 0 bridgehead atoms. The molecule has 0 aliphatic rings. The van der Waals surface area contributed by atoms with Gasteiger partial charge in [-0.3, -0.25) is 9.36 Å². The molecule has 4 nitrogen and oxygen atoms in total. The summed E-state index contributed by atoms with van der Waals surface area (Å²) in [5.74, 6) is 0. The average molecular weight is 303 g/mol. The highest BCUT2D eigenvalue weighted by Gasteiger charge is 2.16. The minimum absolute atomic E-state index is 0.0181. The van der Waals surface area contributed by atoms with Crippen molar-refractivity contribution in [3.8, 4) is 0 Å².